The molecule has 0 saturated carbocycles. The predicted octanol–water partition coefficient (Wildman–Crippen LogP) is 7.50. The first-order valence-electron chi connectivity index (χ1n) is 12.6. The first-order chi connectivity index (χ1) is 17.3. The van der Waals surface area contributed by atoms with Crippen molar-refractivity contribution in [3.63, 3.8) is 0 Å². The number of fused-ring (bicyclic) bond motifs is 11. The highest BCUT2D eigenvalue weighted by atomic mass is 15.2. The maximum absolute atomic E-state index is 4.51. The third-order valence-corrected chi connectivity index (χ3v) is 8.61. The molecule has 3 heterocycles. The summed E-state index contributed by atoms with van der Waals surface area (Å²) in [4.78, 5) is 7.01. The number of aromatic nitrogens is 1. The zero-order valence-corrected chi connectivity index (χ0v) is 19.3. The summed E-state index contributed by atoms with van der Waals surface area (Å²) in [5.74, 6) is 0. The number of nitrogens with zero attached hydrogens (tertiary/aromatic N) is 2. The van der Waals surface area contributed by atoms with Crippen LogP contribution in [0.2, 0.25) is 0 Å². The van der Waals surface area contributed by atoms with Crippen molar-refractivity contribution in [1.29, 1.82) is 0 Å². The Labute approximate surface area is 204 Å². The minimum atomic E-state index is 0.985. The summed E-state index contributed by atoms with van der Waals surface area (Å²) in [5.41, 5.74) is 21.4. The van der Waals surface area contributed by atoms with Crippen LogP contribution < -0.4 is 4.90 Å². The molecular weight excluding hydrogens is 424 g/mol. The van der Waals surface area contributed by atoms with Crippen molar-refractivity contribution >= 4 is 17.1 Å². The van der Waals surface area contributed by atoms with Gasteiger partial charge in [0.2, 0.25) is 0 Å². The Morgan fingerprint density at radius 3 is 2.23 bits per heavy atom. The van der Waals surface area contributed by atoms with Gasteiger partial charge in [-0.05, 0) is 104 Å². The second-order valence-electron chi connectivity index (χ2n) is 10.4. The average Bonchev–Trinajstić information content (AvgIpc) is 3.44. The van der Waals surface area contributed by atoms with E-state index in [0.717, 1.165) is 25.7 Å². The molecule has 2 nitrogen and oxygen atoms in total. The largest absolute Gasteiger partial charge is 0.308 e. The van der Waals surface area contributed by atoms with E-state index >= 15 is 0 Å². The smallest absolute Gasteiger partial charge is 0.0680 e. The normalized spacial score (nSPS) is 14.9. The molecule has 2 aliphatic heterocycles. The molecule has 0 spiro atoms. The molecule has 2 aliphatic carbocycles. The van der Waals surface area contributed by atoms with Gasteiger partial charge in [0.1, 0.15) is 0 Å². The number of pyridine rings is 1. The molecule has 0 unspecified atom stereocenters. The maximum atomic E-state index is 4.51. The van der Waals surface area contributed by atoms with Gasteiger partial charge in [0.25, 0.3) is 0 Å². The molecule has 4 aromatic carbocycles. The number of benzene rings is 4. The third kappa shape index (κ3) is 2.27. The molecule has 9 rings (SSSR count). The van der Waals surface area contributed by atoms with Crippen LogP contribution in [0.25, 0.3) is 22.3 Å². The van der Waals surface area contributed by atoms with Crippen molar-refractivity contribution in [1.82, 2.24) is 4.98 Å². The summed E-state index contributed by atoms with van der Waals surface area (Å²) in [6, 6.07) is 27.5. The molecule has 1 aromatic heterocycles. The molecule has 0 bridgehead atoms. The van der Waals surface area contributed by atoms with Crippen LogP contribution in [0.5, 0.6) is 0 Å². The molecule has 0 fully saturated rings. The molecule has 0 radical (unpaired) electrons. The van der Waals surface area contributed by atoms with Gasteiger partial charge in [-0.3, -0.25) is 4.98 Å². The van der Waals surface area contributed by atoms with E-state index in [1.165, 1.54) is 83.8 Å². The predicted molar refractivity (Wildman–Crippen MR) is 141 cm³/mol. The molecule has 0 atom stereocenters. The number of hydrogen-bond acceptors (Lipinski definition) is 2. The molecule has 2 heteroatoms. The zero-order valence-electron chi connectivity index (χ0n) is 19.3. The summed E-state index contributed by atoms with van der Waals surface area (Å²) in [7, 11) is 0. The summed E-state index contributed by atoms with van der Waals surface area (Å²) in [5, 5.41) is 0. The van der Waals surface area contributed by atoms with Crippen molar-refractivity contribution in [3.8, 4) is 22.3 Å². The Kier molecular flexibility index (Phi) is 3.27. The van der Waals surface area contributed by atoms with Crippen LogP contribution in [-0.2, 0) is 25.7 Å². The van der Waals surface area contributed by atoms with E-state index in [1.807, 2.05) is 12.4 Å². The van der Waals surface area contributed by atoms with E-state index in [-0.39, 0.29) is 0 Å². The lowest BCUT2D eigenvalue weighted by molar-refractivity contribution is 0.985. The summed E-state index contributed by atoms with van der Waals surface area (Å²) in [6.45, 7) is 0. The van der Waals surface area contributed by atoms with Gasteiger partial charge in [-0.25, -0.2) is 0 Å². The fraction of sp³-hybridized carbons (Fsp3) is 0.121. The molecule has 5 aromatic rings. The zero-order chi connectivity index (χ0) is 22.7. The molecule has 0 N–H and O–H groups in total. The van der Waals surface area contributed by atoms with E-state index in [2.05, 4.69) is 82.7 Å². The molecule has 0 amide bonds. The monoisotopic (exact) mass is 446 g/mol. The van der Waals surface area contributed by atoms with Crippen LogP contribution >= 0.6 is 0 Å². The quantitative estimate of drug-likeness (QED) is 0.240. The van der Waals surface area contributed by atoms with Gasteiger partial charge < -0.3 is 4.90 Å². The Hall–Kier alpha value is -4.17. The fourth-order valence-electron chi connectivity index (χ4n) is 7.11. The molecule has 35 heavy (non-hydrogen) atoms. The third-order valence-electron chi connectivity index (χ3n) is 8.61. The Morgan fingerprint density at radius 2 is 1.26 bits per heavy atom. The first kappa shape index (κ1) is 18.2. The lowest BCUT2D eigenvalue weighted by atomic mass is 9.82. The molecule has 0 saturated heterocycles. The van der Waals surface area contributed by atoms with Crippen LogP contribution in [0.15, 0.2) is 85.2 Å². The van der Waals surface area contributed by atoms with Gasteiger partial charge in [0.15, 0.2) is 0 Å². The van der Waals surface area contributed by atoms with Crippen LogP contribution in [0.4, 0.5) is 17.1 Å². The highest BCUT2D eigenvalue weighted by Gasteiger charge is 2.36. The molecular formula is C33H22N2. The van der Waals surface area contributed by atoms with Gasteiger partial charge in [-0.1, -0.05) is 48.5 Å². The van der Waals surface area contributed by atoms with Crippen molar-refractivity contribution in [3.05, 3.63) is 130 Å². The summed E-state index contributed by atoms with van der Waals surface area (Å²) >= 11 is 0. The second-order valence-corrected chi connectivity index (χ2v) is 10.4. The number of para-hydroxylation sites is 1. The van der Waals surface area contributed by atoms with Crippen LogP contribution in [0.3, 0.4) is 0 Å². The van der Waals surface area contributed by atoms with Gasteiger partial charge in [0, 0.05) is 24.7 Å². The second kappa shape index (κ2) is 6.28. The van der Waals surface area contributed by atoms with E-state index in [0.29, 0.717) is 0 Å². The van der Waals surface area contributed by atoms with E-state index < -0.39 is 0 Å². The fourth-order valence-corrected chi connectivity index (χ4v) is 7.11. The Morgan fingerprint density at radius 1 is 0.514 bits per heavy atom. The lowest BCUT2D eigenvalue weighted by Crippen LogP contribution is -2.25. The number of rotatable bonds is 0. The van der Waals surface area contributed by atoms with E-state index in [4.69, 9.17) is 0 Å². The minimum Gasteiger partial charge on any atom is -0.308 e. The van der Waals surface area contributed by atoms with Crippen LogP contribution in [-0.4, -0.2) is 4.98 Å². The van der Waals surface area contributed by atoms with E-state index in [1.54, 1.807) is 0 Å². The van der Waals surface area contributed by atoms with Crippen LogP contribution in [0.1, 0.15) is 44.5 Å². The average molecular weight is 447 g/mol. The van der Waals surface area contributed by atoms with Gasteiger partial charge in [0.05, 0.1) is 17.6 Å². The Balaban J connectivity index is 1.30. The number of hydrogen-bond donors (Lipinski definition) is 0. The standard InChI is InChI=1S/C33H22N2/c1-3-7-25-19(5-1)11-22-13-23-15-29-28(27(23)17-26(22)25)16-24-12-20-6-2-4-8-31(20)35-32-18-34-10-9-21(32)14-30(29)33(24)35/h1-10,13,16-18H,11-12,14-15H2. The van der Waals surface area contributed by atoms with Crippen molar-refractivity contribution in [2.75, 3.05) is 4.90 Å². The minimum absolute atomic E-state index is 0.985. The maximum Gasteiger partial charge on any atom is 0.0680 e. The van der Waals surface area contributed by atoms with Gasteiger partial charge in [-0.15, -0.1) is 0 Å². The summed E-state index contributed by atoms with van der Waals surface area (Å²) < 4.78 is 0. The molecule has 4 aliphatic rings. The van der Waals surface area contributed by atoms with Gasteiger partial charge >= 0.3 is 0 Å². The van der Waals surface area contributed by atoms with Crippen molar-refractivity contribution in [2.45, 2.75) is 25.7 Å². The summed E-state index contributed by atoms with van der Waals surface area (Å²) in [6.07, 6.45) is 8.06. The number of anilines is 3. The van der Waals surface area contributed by atoms with Crippen LogP contribution in [0, 0.1) is 0 Å². The SMILES string of the molecule is c1ccc2c(c1)Cc1cc3c(cc1-2)-c1cc2c4c(c1C3)Cc1ccncc1N4c1ccccc1C2. The van der Waals surface area contributed by atoms with Gasteiger partial charge in [-0.2, -0.15) is 0 Å². The van der Waals surface area contributed by atoms with Crippen molar-refractivity contribution in [2.24, 2.45) is 0 Å². The first-order valence-corrected chi connectivity index (χ1v) is 12.6. The Bertz CT molecular complexity index is 1750. The topological polar surface area (TPSA) is 16.1 Å². The van der Waals surface area contributed by atoms with E-state index in [9.17, 15) is 0 Å². The lowest BCUT2D eigenvalue weighted by Gasteiger charge is -2.40. The van der Waals surface area contributed by atoms with Crippen molar-refractivity contribution < 1.29 is 0 Å². The molecule has 164 valence electrons. The highest BCUT2D eigenvalue weighted by molar-refractivity contribution is 5.95. The highest BCUT2D eigenvalue weighted by Crippen LogP contribution is 2.55.